The molecule has 1 saturated heterocycles. The van der Waals surface area contributed by atoms with Crippen molar-refractivity contribution in [1.82, 2.24) is 14.5 Å². The molecule has 0 spiro atoms. The Balaban J connectivity index is 1.65. The van der Waals surface area contributed by atoms with E-state index < -0.39 is 0 Å². The van der Waals surface area contributed by atoms with Gasteiger partial charge in [0, 0.05) is 43.0 Å². The van der Waals surface area contributed by atoms with Crippen LogP contribution in [-0.4, -0.2) is 47.2 Å². The number of piperidine rings is 1. The van der Waals surface area contributed by atoms with Gasteiger partial charge in [-0.2, -0.15) is 0 Å². The summed E-state index contributed by atoms with van der Waals surface area (Å²) in [5.74, 6) is 0.626. The SMILES string of the molecule is COCCn1c(-c2nc(C(=O)N3CCCC(C)C3)cs2)cc2ccccc21. The molecule has 6 heteroatoms. The van der Waals surface area contributed by atoms with Crippen LogP contribution in [0.1, 0.15) is 30.3 Å². The number of methoxy groups -OCH3 is 1. The third-order valence-corrected chi connectivity index (χ3v) is 6.08. The fraction of sp³-hybridized carbons (Fsp3) is 0.429. The maximum atomic E-state index is 12.9. The normalized spacial score (nSPS) is 17.6. The summed E-state index contributed by atoms with van der Waals surface area (Å²) in [7, 11) is 1.71. The van der Waals surface area contributed by atoms with Crippen LogP contribution in [0.2, 0.25) is 0 Å². The first-order valence-corrected chi connectivity index (χ1v) is 10.4. The average molecular weight is 384 g/mol. The van der Waals surface area contributed by atoms with E-state index in [0.29, 0.717) is 18.2 Å². The molecule has 142 valence electrons. The Kier molecular flexibility index (Phi) is 5.27. The van der Waals surface area contributed by atoms with E-state index in [1.165, 1.54) is 23.1 Å². The Bertz CT molecular complexity index is 946. The van der Waals surface area contributed by atoms with Crippen LogP contribution in [0.25, 0.3) is 21.6 Å². The minimum Gasteiger partial charge on any atom is -0.383 e. The molecular weight excluding hydrogens is 358 g/mol. The van der Waals surface area contributed by atoms with Crippen LogP contribution in [-0.2, 0) is 11.3 Å². The lowest BCUT2D eigenvalue weighted by atomic mass is 10.0. The quantitative estimate of drug-likeness (QED) is 0.661. The van der Waals surface area contributed by atoms with Gasteiger partial charge in [-0.15, -0.1) is 11.3 Å². The number of para-hydroxylation sites is 1. The minimum absolute atomic E-state index is 0.0589. The Morgan fingerprint density at radius 1 is 1.37 bits per heavy atom. The molecule has 4 rings (SSSR count). The van der Waals surface area contributed by atoms with Crippen LogP contribution in [0.5, 0.6) is 0 Å². The Morgan fingerprint density at radius 2 is 2.22 bits per heavy atom. The summed E-state index contributed by atoms with van der Waals surface area (Å²) < 4.78 is 7.52. The van der Waals surface area contributed by atoms with Gasteiger partial charge in [-0.25, -0.2) is 4.98 Å². The number of hydrogen-bond donors (Lipinski definition) is 0. The second kappa shape index (κ2) is 7.82. The van der Waals surface area contributed by atoms with Crippen LogP contribution in [0.4, 0.5) is 0 Å². The van der Waals surface area contributed by atoms with Crippen molar-refractivity contribution in [2.75, 3.05) is 26.8 Å². The molecule has 1 atom stereocenters. The second-order valence-electron chi connectivity index (χ2n) is 7.27. The highest BCUT2D eigenvalue weighted by Crippen LogP contribution is 2.31. The number of carbonyl (C=O) groups is 1. The van der Waals surface area contributed by atoms with Crippen molar-refractivity contribution in [2.24, 2.45) is 5.92 Å². The van der Waals surface area contributed by atoms with E-state index in [9.17, 15) is 4.79 Å². The smallest absolute Gasteiger partial charge is 0.273 e. The van der Waals surface area contributed by atoms with Crippen molar-refractivity contribution in [1.29, 1.82) is 0 Å². The first-order valence-electron chi connectivity index (χ1n) is 9.49. The molecule has 0 radical (unpaired) electrons. The molecule has 3 heterocycles. The molecule has 1 aromatic carbocycles. The molecule has 3 aromatic rings. The minimum atomic E-state index is 0.0589. The predicted octanol–water partition coefficient (Wildman–Crippen LogP) is 4.28. The highest BCUT2D eigenvalue weighted by molar-refractivity contribution is 7.13. The summed E-state index contributed by atoms with van der Waals surface area (Å²) in [4.78, 5) is 19.5. The van der Waals surface area contributed by atoms with Gasteiger partial charge in [-0.1, -0.05) is 25.1 Å². The lowest BCUT2D eigenvalue weighted by molar-refractivity contribution is 0.0678. The number of ether oxygens (including phenoxy) is 1. The molecule has 0 aliphatic carbocycles. The van der Waals surface area contributed by atoms with E-state index in [4.69, 9.17) is 9.72 Å². The van der Waals surface area contributed by atoms with Crippen molar-refractivity contribution in [2.45, 2.75) is 26.3 Å². The van der Waals surface area contributed by atoms with Crippen molar-refractivity contribution in [3.05, 3.63) is 41.4 Å². The summed E-state index contributed by atoms with van der Waals surface area (Å²) in [6, 6.07) is 10.5. The number of thiazole rings is 1. The van der Waals surface area contributed by atoms with Gasteiger partial charge < -0.3 is 14.2 Å². The first kappa shape index (κ1) is 18.2. The van der Waals surface area contributed by atoms with Gasteiger partial charge in [0.1, 0.15) is 10.7 Å². The van der Waals surface area contributed by atoms with Gasteiger partial charge in [-0.3, -0.25) is 4.79 Å². The number of likely N-dealkylation sites (tertiary alicyclic amines) is 1. The summed E-state index contributed by atoms with van der Waals surface area (Å²) in [6.45, 7) is 5.27. The third kappa shape index (κ3) is 3.64. The largest absolute Gasteiger partial charge is 0.383 e. The Morgan fingerprint density at radius 3 is 3.04 bits per heavy atom. The van der Waals surface area contributed by atoms with Gasteiger partial charge in [0.05, 0.1) is 12.3 Å². The number of rotatable bonds is 5. The molecular formula is C21H25N3O2S. The standard InChI is InChI=1S/C21H25N3O2S/c1-15-6-5-9-23(13-15)21(25)17-14-27-20(22-17)19-12-16-7-3-4-8-18(16)24(19)10-11-26-2/h3-4,7-8,12,14-15H,5-6,9-11,13H2,1-2H3. The fourth-order valence-corrected chi connectivity index (χ4v) is 4.65. The second-order valence-corrected chi connectivity index (χ2v) is 8.13. The fourth-order valence-electron chi connectivity index (χ4n) is 3.84. The number of aromatic nitrogens is 2. The van der Waals surface area contributed by atoms with Gasteiger partial charge in [0.25, 0.3) is 5.91 Å². The molecule has 1 aliphatic heterocycles. The van der Waals surface area contributed by atoms with Gasteiger partial charge >= 0.3 is 0 Å². The molecule has 0 N–H and O–H groups in total. The molecule has 5 nitrogen and oxygen atoms in total. The third-order valence-electron chi connectivity index (χ3n) is 5.22. The molecule has 0 saturated carbocycles. The maximum Gasteiger partial charge on any atom is 0.273 e. The van der Waals surface area contributed by atoms with Crippen LogP contribution >= 0.6 is 11.3 Å². The lowest BCUT2D eigenvalue weighted by Gasteiger charge is -2.30. The summed E-state index contributed by atoms with van der Waals surface area (Å²) in [6.07, 6.45) is 2.28. The Labute approximate surface area is 163 Å². The van der Waals surface area contributed by atoms with E-state index in [1.807, 2.05) is 22.4 Å². The monoisotopic (exact) mass is 383 g/mol. The zero-order valence-corrected chi connectivity index (χ0v) is 16.7. The summed E-state index contributed by atoms with van der Waals surface area (Å²) >= 11 is 1.54. The first-order chi connectivity index (χ1) is 13.2. The van der Waals surface area contributed by atoms with Gasteiger partial charge in [0.15, 0.2) is 0 Å². The van der Waals surface area contributed by atoms with E-state index in [2.05, 4.69) is 29.7 Å². The Hall–Kier alpha value is -2.18. The van der Waals surface area contributed by atoms with Crippen LogP contribution in [0.3, 0.4) is 0 Å². The highest BCUT2D eigenvalue weighted by Gasteiger charge is 2.24. The molecule has 1 amide bonds. The zero-order valence-electron chi connectivity index (χ0n) is 15.9. The maximum absolute atomic E-state index is 12.9. The number of amides is 1. The molecule has 0 bridgehead atoms. The highest BCUT2D eigenvalue weighted by atomic mass is 32.1. The lowest BCUT2D eigenvalue weighted by Crippen LogP contribution is -2.39. The summed E-state index contributed by atoms with van der Waals surface area (Å²) in [5, 5.41) is 3.96. The number of benzene rings is 1. The van der Waals surface area contributed by atoms with E-state index in [-0.39, 0.29) is 5.91 Å². The van der Waals surface area contributed by atoms with Crippen molar-refractivity contribution in [3.63, 3.8) is 0 Å². The number of carbonyl (C=O) groups excluding carboxylic acids is 1. The van der Waals surface area contributed by atoms with Crippen LogP contribution in [0.15, 0.2) is 35.7 Å². The molecule has 1 unspecified atom stereocenters. The van der Waals surface area contributed by atoms with E-state index >= 15 is 0 Å². The number of fused-ring (bicyclic) bond motifs is 1. The average Bonchev–Trinajstić information content (AvgIpc) is 3.30. The van der Waals surface area contributed by atoms with Crippen LogP contribution in [0, 0.1) is 5.92 Å². The van der Waals surface area contributed by atoms with Crippen LogP contribution < -0.4 is 0 Å². The van der Waals surface area contributed by atoms with Gasteiger partial charge in [0.2, 0.25) is 0 Å². The van der Waals surface area contributed by atoms with Gasteiger partial charge in [-0.05, 0) is 30.9 Å². The van der Waals surface area contributed by atoms with Crippen molar-refractivity contribution < 1.29 is 9.53 Å². The summed E-state index contributed by atoms with van der Waals surface area (Å²) in [5.41, 5.74) is 2.77. The van der Waals surface area contributed by atoms with E-state index in [1.54, 1.807) is 7.11 Å². The molecule has 2 aromatic heterocycles. The molecule has 1 fully saturated rings. The molecule has 1 aliphatic rings. The predicted molar refractivity (Wildman–Crippen MR) is 109 cm³/mol. The van der Waals surface area contributed by atoms with Crippen molar-refractivity contribution in [3.8, 4) is 10.7 Å². The zero-order chi connectivity index (χ0) is 18.8. The van der Waals surface area contributed by atoms with Crippen molar-refractivity contribution >= 4 is 28.1 Å². The number of nitrogens with zero attached hydrogens (tertiary/aromatic N) is 3. The molecule has 27 heavy (non-hydrogen) atoms. The number of hydrogen-bond acceptors (Lipinski definition) is 4. The topological polar surface area (TPSA) is 47.4 Å². The van der Waals surface area contributed by atoms with E-state index in [0.717, 1.165) is 42.3 Å².